The van der Waals surface area contributed by atoms with Crippen LogP contribution in [-0.2, 0) is 11.3 Å². The molecule has 0 bridgehead atoms. The summed E-state index contributed by atoms with van der Waals surface area (Å²) in [5.41, 5.74) is 6.38. The molecule has 0 atom stereocenters. The molecule has 0 aliphatic rings. The summed E-state index contributed by atoms with van der Waals surface area (Å²) >= 11 is 0. The van der Waals surface area contributed by atoms with Crippen LogP contribution in [0.1, 0.15) is 12.0 Å². The predicted octanol–water partition coefficient (Wildman–Crippen LogP) is 0.945. The van der Waals surface area contributed by atoms with Crippen molar-refractivity contribution in [1.82, 2.24) is 9.88 Å². The van der Waals surface area contributed by atoms with Crippen molar-refractivity contribution < 1.29 is 4.79 Å². The zero-order chi connectivity index (χ0) is 11.8. The molecule has 1 aromatic heterocycles. The molecule has 1 rings (SSSR count). The van der Waals surface area contributed by atoms with Crippen molar-refractivity contribution in [2.24, 2.45) is 5.73 Å². The van der Waals surface area contributed by atoms with Gasteiger partial charge in [-0.2, -0.15) is 0 Å². The summed E-state index contributed by atoms with van der Waals surface area (Å²) in [5, 5.41) is 0. The molecule has 0 aliphatic carbocycles. The molecule has 0 aromatic carbocycles. The van der Waals surface area contributed by atoms with Crippen LogP contribution in [0.25, 0.3) is 0 Å². The third-order valence-electron chi connectivity index (χ3n) is 2.16. The van der Waals surface area contributed by atoms with Gasteiger partial charge in [0.1, 0.15) is 0 Å². The molecule has 4 nitrogen and oxygen atoms in total. The van der Waals surface area contributed by atoms with E-state index in [0.717, 1.165) is 5.56 Å². The van der Waals surface area contributed by atoms with E-state index in [2.05, 4.69) is 11.6 Å². The van der Waals surface area contributed by atoms with Crippen LogP contribution in [-0.4, -0.2) is 28.9 Å². The second-order valence-electron chi connectivity index (χ2n) is 3.46. The number of rotatable bonds is 6. The molecule has 0 radical (unpaired) electrons. The summed E-state index contributed by atoms with van der Waals surface area (Å²) in [4.78, 5) is 17.4. The van der Waals surface area contributed by atoms with Gasteiger partial charge in [0, 0.05) is 38.4 Å². The third kappa shape index (κ3) is 3.82. The molecule has 0 fully saturated rings. The van der Waals surface area contributed by atoms with Gasteiger partial charge in [-0.1, -0.05) is 12.1 Å². The number of aromatic nitrogens is 1. The van der Waals surface area contributed by atoms with Crippen molar-refractivity contribution >= 4 is 5.91 Å². The molecule has 86 valence electrons. The maximum atomic E-state index is 11.7. The monoisotopic (exact) mass is 219 g/mol. The standard InChI is InChI=1S/C12H17N3O/c1-2-8-15(12(16)5-6-13)10-11-4-3-7-14-9-11/h2-4,7,9H,1,5-6,8,10,13H2. The SMILES string of the molecule is C=CCN(Cc1cccnc1)C(=O)CCN. The first-order valence-corrected chi connectivity index (χ1v) is 5.25. The second-order valence-corrected chi connectivity index (χ2v) is 3.46. The minimum absolute atomic E-state index is 0.0475. The lowest BCUT2D eigenvalue weighted by molar-refractivity contribution is -0.131. The van der Waals surface area contributed by atoms with Crippen LogP contribution in [0.5, 0.6) is 0 Å². The number of hydrogen-bond donors (Lipinski definition) is 1. The van der Waals surface area contributed by atoms with E-state index in [-0.39, 0.29) is 5.91 Å². The highest BCUT2D eigenvalue weighted by Crippen LogP contribution is 2.04. The fourth-order valence-electron chi connectivity index (χ4n) is 1.40. The molecule has 0 saturated carbocycles. The number of carbonyl (C=O) groups is 1. The number of nitrogens with zero attached hydrogens (tertiary/aromatic N) is 2. The Morgan fingerprint density at radius 2 is 2.44 bits per heavy atom. The number of pyridine rings is 1. The molecule has 2 N–H and O–H groups in total. The summed E-state index contributed by atoms with van der Waals surface area (Å²) in [6, 6.07) is 3.80. The Labute approximate surface area is 95.8 Å². The van der Waals surface area contributed by atoms with Gasteiger partial charge < -0.3 is 10.6 Å². The fraction of sp³-hybridized carbons (Fsp3) is 0.333. The van der Waals surface area contributed by atoms with E-state index in [1.165, 1.54) is 0 Å². The molecular weight excluding hydrogens is 202 g/mol. The Hall–Kier alpha value is -1.68. The molecule has 16 heavy (non-hydrogen) atoms. The van der Waals surface area contributed by atoms with Crippen LogP contribution in [0.15, 0.2) is 37.2 Å². The molecule has 1 heterocycles. The number of carbonyl (C=O) groups excluding carboxylic acids is 1. The van der Waals surface area contributed by atoms with Crippen LogP contribution in [0, 0.1) is 0 Å². The van der Waals surface area contributed by atoms with Crippen molar-refractivity contribution in [3.05, 3.63) is 42.7 Å². The van der Waals surface area contributed by atoms with Gasteiger partial charge in [0.25, 0.3) is 0 Å². The highest BCUT2D eigenvalue weighted by molar-refractivity contribution is 5.76. The number of nitrogens with two attached hydrogens (primary N) is 1. The lowest BCUT2D eigenvalue weighted by Gasteiger charge is -2.20. The highest BCUT2D eigenvalue weighted by atomic mass is 16.2. The van der Waals surface area contributed by atoms with Gasteiger partial charge in [-0.15, -0.1) is 6.58 Å². The van der Waals surface area contributed by atoms with Crippen LogP contribution in [0.4, 0.5) is 0 Å². The molecule has 1 amide bonds. The first kappa shape index (κ1) is 12.4. The van der Waals surface area contributed by atoms with Crippen molar-refractivity contribution in [3.8, 4) is 0 Å². The van der Waals surface area contributed by atoms with Gasteiger partial charge in [0.15, 0.2) is 0 Å². The fourth-order valence-corrected chi connectivity index (χ4v) is 1.40. The van der Waals surface area contributed by atoms with Gasteiger partial charge in [-0.3, -0.25) is 9.78 Å². The Bertz CT molecular complexity index is 337. The predicted molar refractivity (Wildman–Crippen MR) is 63.5 cm³/mol. The van der Waals surface area contributed by atoms with Crippen molar-refractivity contribution in [2.45, 2.75) is 13.0 Å². The normalized spacial score (nSPS) is 9.81. The highest BCUT2D eigenvalue weighted by Gasteiger charge is 2.11. The summed E-state index contributed by atoms with van der Waals surface area (Å²) < 4.78 is 0. The van der Waals surface area contributed by atoms with E-state index in [0.29, 0.717) is 26.1 Å². The van der Waals surface area contributed by atoms with Crippen LogP contribution in [0.3, 0.4) is 0 Å². The summed E-state index contributed by atoms with van der Waals surface area (Å²) in [5.74, 6) is 0.0475. The first-order valence-electron chi connectivity index (χ1n) is 5.25. The first-order chi connectivity index (χ1) is 7.77. The summed E-state index contributed by atoms with van der Waals surface area (Å²) in [7, 11) is 0. The van der Waals surface area contributed by atoms with Crippen LogP contribution in [0.2, 0.25) is 0 Å². The van der Waals surface area contributed by atoms with E-state index in [9.17, 15) is 4.79 Å². The molecule has 0 spiro atoms. The van der Waals surface area contributed by atoms with E-state index in [1.54, 1.807) is 23.4 Å². The zero-order valence-corrected chi connectivity index (χ0v) is 9.30. The molecule has 1 aromatic rings. The van der Waals surface area contributed by atoms with Crippen molar-refractivity contribution in [2.75, 3.05) is 13.1 Å². The van der Waals surface area contributed by atoms with Crippen LogP contribution < -0.4 is 5.73 Å². The topological polar surface area (TPSA) is 59.2 Å². The zero-order valence-electron chi connectivity index (χ0n) is 9.30. The van der Waals surface area contributed by atoms with E-state index < -0.39 is 0 Å². The Morgan fingerprint density at radius 1 is 1.62 bits per heavy atom. The van der Waals surface area contributed by atoms with Crippen molar-refractivity contribution in [3.63, 3.8) is 0 Å². The molecule has 0 aliphatic heterocycles. The lowest BCUT2D eigenvalue weighted by Crippen LogP contribution is -2.32. The molecular formula is C12H17N3O. The van der Waals surface area contributed by atoms with Gasteiger partial charge in [0.05, 0.1) is 0 Å². The van der Waals surface area contributed by atoms with E-state index in [4.69, 9.17) is 5.73 Å². The average molecular weight is 219 g/mol. The maximum absolute atomic E-state index is 11.7. The quantitative estimate of drug-likeness (QED) is 0.724. The summed E-state index contributed by atoms with van der Waals surface area (Å²) in [6.07, 6.45) is 5.55. The third-order valence-corrected chi connectivity index (χ3v) is 2.16. The van der Waals surface area contributed by atoms with Gasteiger partial charge in [-0.25, -0.2) is 0 Å². The average Bonchev–Trinajstić information content (AvgIpc) is 2.30. The second kappa shape index (κ2) is 6.74. The Balaban J connectivity index is 2.64. The molecule has 4 heteroatoms. The van der Waals surface area contributed by atoms with Crippen LogP contribution >= 0.6 is 0 Å². The van der Waals surface area contributed by atoms with E-state index in [1.807, 2.05) is 12.1 Å². The van der Waals surface area contributed by atoms with Gasteiger partial charge in [-0.05, 0) is 11.6 Å². The Kier molecular flexibility index (Phi) is 5.22. The number of hydrogen-bond acceptors (Lipinski definition) is 3. The Morgan fingerprint density at radius 3 is 3.00 bits per heavy atom. The lowest BCUT2D eigenvalue weighted by atomic mass is 10.2. The molecule has 0 saturated heterocycles. The smallest absolute Gasteiger partial charge is 0.224 e. The molecule has 0 unspecified atom stereocenters. The van der Waals surface area contributed by atoms with Crippen molar-refractivity contribution in [1.29, 1.82) is 0 Å². The van der Waals surface area contributed by atoms with Gasteiger partial charge >= 0.3 is 0 Å². The van der Waals surface area contributed by atoms with Gasteiger partial charge in [0.2, 0.25) is 5.91 Å². The van der Waals surface area contributed by atoms with E-state index >= 15 is 0 Å². The minimum Gasteiger partial charge on any atom is -0.335 e. The largest absolute Gasteiger partial charge is 0.335 e. The number of amides is 1. The summed E-state index contributed by atoms with van der Waals surface area (Å²) in [6.45, 7) is 5.11. The maximum Gasteiger partial charge on any atom is 0.224 e. The minimum atomic E-state index is 0.0475.